The minimum Gasteiger partial charge on any atom is -0.480 e. The number of halogens is 2. The molecular formula is C5H12Cl2N2O2. The average Bonchev–Trinajstić information content (AvgIpc) is 1.90. The molecule has 0 aliphatic carbocycles. The van der Waals surface area contributed by atoms with Crippen molar-refractivity contribution in [3.05, 3.63) is 0 Å². The van der Waals surface area contributed by atoms with Crippen LogP contribution < -0.4 is 10.9 Å². The molecule has 1 heterocycles. The van der Waals surface area contributed by atoms with Crippen LogP contribution in [0.5, 0.6) is 0 Å². The topological polar surface area (TPSA) is 61.4 Å². The zero-order valence-corrected chi connectivity index (χ0v) is 7.50. The van der Waals surface area contributed by atoms with Crippen molar-refractivity contribution >= 4 is 30.8 Å². The lowest BCUT2D eigenvalue weighted by Gasteiger charge is -2.19. The van der Waals surface area contributed by atoms with Gasteiger partial charge >= 0.3 is 5.97 Å². The summed E-state index contributed by atoms with van der Waals surface area (Å²) in [4.78, 5) is 10.3. The Morgan fingerprint density at radius 2 is 2.09 bits per heavy atom. The fourth-order valence-corrected chi connectivity index (χ4v) is 0.847. The lowest BCUT2D eigenvalue weighted by Crippen LogP contribution is -2.49. The molecule has 0 saturated carbocycles. The van der Waals surface area contributed by atoms with Crippen molar-refractivity contribution in [3.63, 3.8) is 0 Å². The molecule has 1 fully saturated rings. The number of carboxylic acid groups (broad SMARTS) is 1. The van der Waals surface area contributed by atoms with E-state index < -0.39 is 12.0 Å². The second-order valence-electron chi connectivity index (χ2n) is 2.10. The molecule has 0 aromatic carbocycles. The third kappa shape index (κ3) is 4.42. The van der Waals surface area contributed by atoms with Gasteiger partial charge in [0, 0.05) is 6.54 Å². The summed E-state index contributed by atoms with van der Waals surface area (Å²) in [6.07, 6.45) is 1.66. The van der Waals surface area contributed by atoms with Crippen LogP contribution in [-0.2, 0) is 4.79 Å². The van der Waals surface area contributed by atoms with Crippen molar-refractivity contribution in [2.45, 2.75) is 18.9 Å². The summed E-state index contributed by atoms with van der Waals surface area (Å²) >= 11 is 0. The summed E-state index contributed by atoms with van der Waals surface area (Å²) in [5, 5.41) is 8.44. The summed E-state index contributed by atoms with van der Waals surface area (Å²) in [6.45, 7) is 0.865. The molecule has 0 unspecified atom stereocenters. The van der Waals surface area contributed by atoms with E-state index in [1.165, 1.54) is 0 Å². The summed E-state index contributed by atoms with van der Waals surface area (Å²) < 4.78 is 0. The Kier molecular flexibility index (Phi) is 8.21. The predicted octanol–water partition coefficient (Wildman–Crippen LogP) is 0.171. The molecule has 0 radical (unpaired) electrons. The Balaban J connectivity index is 0. The maximum absolute atomic E-state index is 10.3. The van der Waals surface area contributed by atoms with Gasteiger partial charge in [0.1, 0.15) is 6.04 Å². The van der Waals surface area contributed by atoms with Crippen molar-refractivity contribution in [3.8, 4) is 0 Å². The molecule has 68 valence electrons. The number of hydrazine groups is 1. The number of aliphatic carboxylic acids is 1. The third-order valence-corrected chi connectivity index (χ3v) is 1.37. The van der Waals surface area contributed by atoms with Crippen LogP contribution in [0.3, 0.4) is 0 Å². The van der Waals surface area contributed by atoms with Gasteiger partial charge in [-0.15, -0.1) is 24.8 Å². The van der Waals surface area contributed by atoms with Crippen LogP contribution in [0.1, 0.15) is 12.8 Å². The molecule has 1 aliphatic rings. The van der Waals surface area contributed by atoms with Gasteiger partial charge < -0.3 is 5.11 Å². The Morgan fingerprint density at radius 3 is 2.36 bits per heavy atom. The number of carbonyl (C=O) groups is 1. The van der Waals surface area contributed by atoms with Gasteiger partial charge in [0.05, 0.1) is 0 Å². The molecule has 0 aromatic rings. The van der Waals surface area contributed by atoms with E-state index >= 15 is 0 Å². The summed E-state index contributed by atoms with van der Waals surface area (Å²) in [5.74, 6) is -0.776. The molecule has 1 aliphatic heterocycles. The zero-order chi connectivity index (χ0) is 6.69. The van der Waals surface area contributed by atoms with E-state index in [1.54, 1.807) is 0 Å². The highest BCUT2D eigenvalue weighted by Crippen LogP contribution is 1.98. The Bertz CT molecular complexity index is 117. The van der Waals surface area contributed by atoms with Crippen LogP contribution >= 0.6 is 24.8 Å². The van der Waals surface area contributed by atoms with Crippen LogP contribution in [0, 0.1) is 0 Å². The summed E-state index contributed by atoms with van der Waals surface area (Å²) in [7, 11) is 0. The van der Waals surface area contributed by atoms with Crippen molar-refractivity contribution in [2.24, 2.45) is 0 Å². The minimum absolute atomic E-state index is 0. The van der Waals surface area contributed by atoms with Gasteiger partial charge in [0.2, 0.25) is 0 Å². The SMILES string of the molecule is Cl.Cl.O=C(O)[C@@H]1CCCNN1. The first-order valence-corrected chi connectivity index (χ1v) is 3.02. The van der Waals surface area contributed by atoms with Gasteiger partial charge in [-0.05, 0) is 12.8 Å². The first-order chi connectivity index (χ1) is 4.30. The molecule has 0 amide bonds. The van der Waals surface area contributed by atoms with Crippen molar-refractivity contribution < 1.29 is 9.90 Å². The number of nitrogens with one attached hydrogen (secondary N) is 2. The van der Waals surface area contributed by atoms with Gasteiger partial charge in [-0.25, -0.2) is 5.43 Å². The third-order valence-electron chi connectivity index (χ3n) is 1.37. The van der Waals surface area contributed by atoms with E-state index in [4.69, 9.17) is 5.11 Å². The maximum Gasteiger partial charge on any atom is 0.322 e. The van der Waals surface area contributed by atoms with E-state index in [9.17, 15) is 4.79 Å². The molecule has 0 aromatic heterocycles. The Labute approximate surface area is 77.5 Å². The Morgan fingerprint density at radius 1 is 1.45 bits per heavy atom. The summed E-state index contributed by atoms with van der Waals surface area (Å²) in [6, 6.07) is -0.390. The first kappa shape index (κ1) is 13.6. The fraction of sp³-hybridized carbons (Fsp3) is 0.800. The molecule has 1 saturated heterocycles. The van der Waals surface area contributed by atoms with Crippen LogP contribution in [0.2, 0.25) is 0 Å². The molecule has 3 N–H and O–H groups in total. The van der Waals surface area contributed by atoms with E-state index in [1.807, 2.05) is 0 Å². The van der Waals surface area contributed by atoms with E-state index in [2.05, 4.69) is 10.9 Å². The molecule has 1 rings (SSSR count). The van der Waals surface area contributed by atoms with Crippen LogP contribution in [-0.4, -0.2) is 23.7 Å². The van der Waals surface area contributed by atoms with Gasteiger partial charge in [-0.1, -0.05) is 0 Å². The quantitative estimate of drug-likeness (QED) is 0.568. The molecule has 1 atom stereocenters. The number of hydrogen-bond acceptors (Lipinski definition) is 3. The molecule has 11 heavy (non-hydrogen) atoms. The summed E-state index contributed by atoms with van der Waals surface area (Å²) in [5.41, 5.74) is 5.45. The highest BCUT2D eigenvalue weighted by atomic mass is 35.5. The van der Waals surface area contributed by atoms with Crippen molar-refractivity contribution in [2.75, 3.05) is 6.54 Å². The van der Waals surface area contributed by atoms with Gasteiger partial charge in [0.15, 0.2) is 0 Å². The highest BCUT2D eigenvalue weighted by molar-refractivity contribution is 5.85. The lowest BCUT2D eigenvalue weighted by atomic mass is 10.1. The smallest absolute Gasteiger partial charge is 0.322 e. The van der Waals surface area contributed by atoms with Gasteiger partial charge in [-0.3, -0.25) is 10.2 Å². The van der Waals surface area contributed by atoms with Gasteiger partial charge in [-0.2, -0.15) is 0 Å². The fourth-order valence-electron chi connectivity index (χ4n) is 0.847. The number of hydrogen-bond donors (Lipinski definition) is 3. The van der Waals surface area contributed by atoms with E-state index in [0.717, 1.165) is 19.4 Å². The predicted molar refractivity (Wildman–Crippen MR) is 46.3 cm³/mol. The first-order valence-electron chi connectivity index (χ1n) is 3.02. The van der Waals surface area contributed by atoms with Crippen LogP contribution in [0.25, 0.3) is 0 Å². The highest BCUT2D eigenvalue weighted by Gasteiger charge is 2.18. The van der Waals surface area contributed by atoms with E-state index in [0.29, 0.717) is 0 Å². The standard InChI is InChI=1S/C5H10N2O2.2ClH/c8-5(9)4-2-1-3-6-7-4;;/h4,6-7H,1-3H2,(H,8,9);2*1H/t4-;;/m0../s1. The molecule has 6 heteroatoms. The lowest BCUT2D eigenvalue weighted by molar-refractivity contribution is -0.140. The largest absolute Gasteiger partial charge is 0.480 e. The van der Waals surface area contributed by atoms with E-state index in [-0.39, 0.29) is 24.8 Å². The molecule has 4 nitrogen and oxygen atoms in total. The molecule has 0 spiro atoms. The Hall–Kier alpha value is -0.0300. The van der Waals surface area contributed by atoms with Gasteiger partial charge in [0.25, 0.3) is 0 Å². The maximum atomic E-state index is 10.3. The van der Waals surface area contributed by atoms with Crippen molar-refractivity contribution in [1.82, 2.24) is 10.9 Å². The normalized spacial score (nSPS) is 22.7. The second kappa shape index (κ2) is 6.67. The van der Waals surface area contributed by atoms with Crippen molar-refractivity contribution in [1.29, 1.82) is 0 Å². The molecular weight excluding hydrogens is 191 g/mol. The number of rotatable bonds is 1. The minimum atomic E-state index is -0.776. The zero-order valence-electron chi connectivity index (χ0n) is 5.87. The monoisotopic (exact) mass is 202 g/mol. The van der Waals surface area contributed by atoms with Crippen LogP contribution in [0.15, 0.2) is 0 Å². The average molecular weight is 203 g/mol. The van der Waals surface area contributed by atoms with Crippen LogP contribution in [0.4, 0.5) is 0 Å². The molecule has 0 bridgehead atoms. The number of carboxylic acids is 1. The second-order valence-corrected chi connectivity index (χ2v) is 2.10.